The van der Waals surface area contributed by atoms with Crippen LogP contribution in [0.25, 0.3) is 0 Å². The molecule has 0 amide bonds. The van der Waals surface area contributed by atoms with Gasteiger partial charge >= 0.3 is 5.97 Å². The van der Waals surface area contributed by atoms with Gasteiger partial charge in [0.1, 0.15) is 5.75 Å². The molecule has 4 rings (SSSR count). The molecule has 0 aromatic heterocycles. The highest BCUT2D eigenvalue weighted by Gasteiger charge is 2.30. The van der Waals surface area contributed by atoms with Gasteiger partial charge in [0.2, 0.25) is 0 Å². The molecule has 0 saturated carbocycles. The van der Waals surface area contributed by atoms with Gasteiger partial charge in [-0.15, -0.1) is 0 Å². The maximum absolute atomic E-state index is 11.2. The van der Waals surface area contributed by atoms with Crippen LogP contribution in [0.2, 0.25) is 0 Å². The number of nitrogens with zero attached hydrogens (tertiary/aromatic N) is 2. The molecular formula is C24H22N2O3. The van der Waals surface area contributed by atoms with Crippen LogP contribution < -0.4 is 9.75 Å². The molecule has 0 spiro atoms. The highest BCUT2D eigenvalue weighted by atomic mass is 16.5. The SMILES string of the molecule is COc1ccc(C2CC(c3ccc(C)cc3)=NN2c2ccc(C(=O)O)cc2)cc1. The van der Waals surface area contributed by atoms with Crippen LogP contribution in [0, 0.1) is 6.92 Å². The summed E-state index contributed by atoms with van der Waals surface area (Å²) in [6, 6.07) is 23.2. The Labute approximate surface area is 169 Å². The number of aromatic carboxylic acids is 1. The molecule has 3 aromatic carbocycles. The van der Waals surface area contributed by atoms with E-state index in [1.807, 2.05) is 29.3 Å². The lowest BCUT2D eigenvalue weighted by Gasteiger charge is -2.24. The predicted molar refractivity (Wildman–Crippen MR) is 114 cm³/mol. The maximum atomic E-state index is 11.2. The Bertz CT molecular complexity index is 1040. The summed E-state index contributed by atoms with van der Waals surface area (Å²) >= 11 is 0. The molecular weight excluding hydrogens is 364 g/mol. The van der Waals surface area contributed by atoms with Crippen LogP contribution in [0.4, 0.5) is 5.69 Å². The van der Waals surface area contributed by atoms with Crippen molar-refractivity contribution in [3.8, 4) is 5.75 Å². The van der Waals surface area contributed by atoms with Crippen molar-refractivity contribution >= 4 is 17.4 Å². The molecule has 1 atom stereocenters. The van der Waals surface area contributed by atoms with E-state index in [1.54, 1.807) is 19.2 Å². The molecule has 1 aliphatic heterocycles. The quantitative estimate of drug-likeness (QED) is 0.666. The number of carbonyl (C=O) groups is 1. The predicted octanol–water partition coefficient (Wildman–Crippen LogP) is 5.06. The number of anilines is 1. The zero-order chi connectivity index (χ0) is 20.4. The van der Waals surface area contributed by atoms with Gasteiger partial charge < -0.3 is 9.84 Å². The normalized spacial score (nSPS) is 15.9. The summed E-state index contributed by atoms with van der Waals surface area (Å²) in [7, 11) is 1.65. The van der Waals surface area contributed by atoms with Crippen LogP contribution in [0.5, 0.6) is 5.75 Å². The molecule has 5 heteroatoms. The van der Waals surface area contributed by atoms with Crippen molar-refractivity contribution in [1.82, 2.24) is 0 Å². The average Bonchev–Trinajstić information content (AvgIpc) is 3.20. The minimum atomic E-state index is -0.937. The second-order valence-electron chi connectivity index (χ2n) is 7.10. The van der Waals surface area contributed by atoms with E-state index in [0.29, 0.717) is 0 Å². The van der Waals surface area contributed by atoms with Crippen LogP contribution in [0.3, 0.4) is 0 Å². The first-order chi connectivity index (χ1) is 14.0. The van der Waals surface area contributed by atoms with E-state index in [4.69, 9.17) is 9.84 Å². The largest absolute Gasteiger partial charge is 0.497 e. The Morgan fingerprint density at radius 3 is 2.24 bits per heavy atom. The molecule has 0 aliphatic carbocycles. The third kappa shape index (κ3) is 3.85. The van der Waals surface area contributed by atoms with Gasteiger partial charge in [-0.1, -0.05) is 42.0 Å². The van der Waals surface area contributed by atoms with Gasteiger partial charge in [0, 0.05) is 6.42 Å². The Balaban J connectivity index is 1.72. The Hall–Kier alpha value is -3.60. The zero-order valence-corrected chi connectivity index (χ0v) is 16.4. The summed E-state index contributed by atoms with van der Waals surface area (Å²) in [4.78, 5) is 11.2. The van der Waals surface area contributed by atoms with Crippen LogP contribution >= 0.6 is 0 Å². The number of hydrazone groups is 1. The molecule has 1 aliphatic rings. The number of aryl methyl sites for hydroxylation is 1. The smallest absolute Gasteiger partial charge is 0.335 e. The van der Waals surface area contributed by atoms with Gasteiger partial charge in [0.05, 0.1) is 30.1 Å². The van der Waals surface area contributed by atoms with Crippen molar-refractivity contribution < 1.29 is 14.6 Å². The van der Waals surface area contributed by atoms with Crippen molar-refractivity contribution in [2.24, 2.45) is 5.10 Å². The van der Waals surface area contributed by atoms with Gasteiger partial charge in [-0.25, -0.2) is 4.79 Å². The lowest BCUT2D eigenvalue weighted by Crippen LogP contribution is -2.18. The van der Waals surface area contributed by atoms with E-state index in [1.165, 1.54) is 5.56 Å². The summed E-state index contributed by atoms with van der Waals surface area (Å²) < 4.78 is 5.28. The number of benzene rings is 3. The van der Waals surface area contributed by atoms with Crippen LogP contribution in [0.15, 0.2) is 77.9 Å². The van der Waals surface area contributed by atoms with E-state index in [-0.39, 0.29) is 11.6 Å². The Morgan fingerprint density at radius 2 is 1.66 bits per heavy atom. The van der Waals surface area contributed by atoms with Crippen molar-refractivity contribution in [3.05, 3.63) is 95.1 Å². The number of ether oxygens (including phenoxy) is 1. The highest BCUT2D eigenvalue weighted by Crippen LogP contribution is 2.37. The fraction of sp³-hybridized carbons (Fsp3) is 0.167. The van der Waals surface area contributed by atoms with Gasteiger partial charge in [-0.3, -0.25) is 5.01 Å². The van der Waals surface area contributed by atoms with Gasteiger partial charge in [0.25, 0.3) is 0 Å². The van der Waals surface area contributed by atoms with Crippen LogP contribution in [-0.4, -0.2) is 23.9 Å². The summed E-state index contributed by atoms with van der Waals surface area (Å²) in [5.74, 6) is -0.127. The number of hydrogen-bond acceptors (Lipinski definition) is 4. The molecule has 0 saturated heterocycles. The molecule has 146 valence electrons. The second kappa shape index (κ2) is 7.80. The first kappa shape index (κ1) is 18.7. The van der Waals surface area contributed by atoms with E-state index < -0.39 is 5.97 Å². The fourth-order valence-electron chi connectivity index (χ4n) is 3.51. The van der Waals surface area contributed by atoms with Gasteiger partial charge in [-0.2, -0.15) is 5.10 Å². The lowest BCUT2D eigenvalue weighted by molar-refractivity contribution is 0.0697. The molecule has 0 radical (unpaired) electrons. The summed E-state index contributed by atoms with van der Waals surface area (Å²) in [6.07, 6.45) is 0.760. The number of methoxy groups -OCH3 is 1. The summed E-state index contributed by atoms with van der Waals surface area (Å²) in [5, 5.41) is 16.1. The number of carboxylic acids is 1. The molecule has 29 heavy (non-hydrogen) atoms. The lowest BCUT2D eigenvalue weighted by atomic mass is 9.97. The Morgan fingerprint density at radius 1 is 1.00 bits per heavy atom. The molecule has 0 bridgehead atoms. The van der Waals surface area contributed by atoms with Gasteiger partial charge in [0.15, 0.2) is 0 Å². The average molecular weight is 386 g/mol. The highest BCUT2D eigenvalue weighted by molar-refractivity contribution is 6.03. The third-order valence-corrected chi connectivity index (χ3v) is 5.17. The molecule has 1 unspecified atom stereocenters. The van der Waals surface area contributed by atoms with Crippen molar-refractivity contribution in [1.29, 1.82) is 0 Å². The van der Waals surface area contributed by atoms with E-state index >= 15 is 0 Å². The molecule has 1 heterocycles. The molecule has 1 N–H and O–H groups in total. The summed E-state index contributed by atoms with van der Waals surface area (Å²) in [5.41, 5.74) is 5.56. The van der Waals surface area contributed by atoms with Gasteiger partial charge in [-0.05, 0) is 54.4 Å². The monoisotopic (exact) mass is 386 g/mol. The third-order valence-electron chi connectivity index (χ3n) is 5.17. The molecule has 0 fully saturated rings. The number of rotatable bonds is 5. The van der Waals surface area contributed by atoms with Crippen molar-refractivity contribution in [2.45, 2.75) is 19.4 Å². The zero-order valence-electron chi connectivity index (χ0n) is 16.4. The standard InChI is InChI=1S/C24H22N2O3/c1-16-3-5-17(6-4-16)22-15-23(18-9-13-21(29-2)14-10-18)26(25-22)20-11-7-19(8-12-20)24(27)28/h3-14,23H,15H2,1-2H3,(H,27,28). The van der Waals surface area contributed by atoms with E-state index in [9.17, 15) is 9.90 Å². The number of hydrogen-bond donors (Lipinski definition) is 1. The fourth-order valence-corrected chi connectivity index (χ4v) is 3.51. The van der Waals surface area contributed by atoms with E-state index in [2.05, 4.69) is 43.3 Å². The van der Waals surface area contributed by atoms with E-state index in [0.717, 1.165) is 34.7 Å². The molecule has 3 aromatic rings. The Kier molecular flexibility index (Phi) is 5.04. The van der Waals surface area contributed by atoms with Crippen molar-refractivity contribution in [2.75, 3.05) is 12.1 Å². The van der Waals surface area contributed by atoms with Crippen LogP contribution in [-0.2, 0) is 0 Å². The first-order valence-corrected chi connectivity index (χ1v) is 9.46. The first-order valence-electron chi connectivity index (χ1n) is 9.46. The number of carboxylic acid groups (broad SMARTS) is 1. The van der Waals surface area contributed by atoms with Crippen LogP contribution in [0.1, 0.15) is 39.5 Å². The molecule has 5 nitrogen and oxygen atoms in total. The van der Waals surface area contributed by atoms with Crippen molar-refractivity contribution in [3.63, 3.8) is 0 Å². The second-order valence-corrected chi connectivity index (χ2v) is 7.10. The maximum Gasteiger partial charge on any atom is 0.335 e. The topological polar surface area (TPSA) is 62.1 Å². The minimum absolute atomic E-state index is 0.0212. The summed E-state index contributed by atoms with van der Waals surface area (Å²) in [6.45, 7) is 2.07. The minimum Gasteiger partial charge on any atom is -0.497 e.